The highest BCUT2D eigenvalue weighted by molar-refractivity contribution is 7.89. The molecule has 1 aliphatic heterocycles. The topological polar surface area (TPSA) is 84.7 Å². The number of anilines is 1. The molecule has 1 fully saturated rings. The van der Waals surface area contributed by atoms with Gasteiger partial charge in [0.05, 0.1) is 11.5 Å². The number of aromatic nitrogens is 1. The third-order valence-electron chi connectivity index (χ3n) is 4.93. The lowest BCUT2D eigenvalue weighted by atomic mass is 10.2. The van der Waals surface area contributed by atoms with Crippen LogP contribution in [0.3, 0.4) is 0 Å². The molecule has 4 rings (SSSR count). The summed E-state index contributed by atoms with van der Waals surface area (Å²) in [7, 11) is -3.86. The van der Waals surface area contributed by atoms with E-state index in [-0.39, 0.29) is 23.2 Å². The van der Waals surface area contributed by atoms with Crippen molar-refractivity contribution in [3.05, 3.63) is 48.3 Å². The van der Waals surface area contributed by atoms with Crippen LogP contribution in [-0.2, 0) is 10.0 Å². The number of para-hydroxylation sites is 2. The molecule has 3 aromatic rings. The summed E-state index contributed by atoms with van der Waals surface area (Å²) < 4.78 is 52.8. The van der Waals surface area contributed by atoms with Crippen LogP contribution in [-0.4, -0.2) is 39.1 Å². The van der Waals surface area contributed by atoms with Crippen LogP contribution in [0.15, 0.2) is 51.8 Å². The monoisotopic (exact) mass is 419 g/mol. The zero-order valence-corrected chi connectivity index (χ0v) is 16.8. The number of ether oxygens (including phenoxy) is 1. The van der Waals surface area contributed by atoms with Crippen molar-refractivity contribution in [2.45, 2.75) is 30.7 Å². The summed E-state index contributed by atoms with van der Waals surface area (Å²) in [6.45, 7) is 2.94. The van der Waals surface area contributed by atoms with Crippen molar-refractivity contribution < 1.29 is 22.0 Å². The summed E-state index contributed by atoms with van der Waals surface area (Å²) in [6, 6.07) is 11.5. The van der Waals surface area contributed by atoms with Crippen LogP contribution in [0.1, 0.15) is 19.8 Å². The molecule has 0 amide bonds. The Kier molecular flexibility index (Phi) is 5.42. The molecule has 0 aliphatic carbocycles. The van der Waals surface area contributed by atoms with Crippen molar-refractivity contribution in [2.75, 3.05) is 24.6 Å². The van der Waals surface area contributed by atoms with E-state index in [9.17, 15) is 12.8 Å². The first kappa shape index (κ1) is 19.7. The average molecular weight is 419 g/mol. The Bertz CT molecular complexity index is 1080. The van der Waals surface area contributed by atoms with Gasteiger partial charge in [-0.15, -0.1) is 0 Å². The SMILES string of the molecule is CCOc1ccc(S(=O)(=O)NCC2CCCN2c2nc3ccccc3o2)cc1F. The fraction of sp³-hybridized carbons (Fsp3) is 0.350. The van der Waals surface area contributed by atoms with Crippen LogP contribution in [0.5, 0.6) is 5.75 Å². The number of halogens is 1. The number of oxazole rings is 1. The Balaban J connectivity index is 1.47. The Morgan fingerprint density at radius 2 is 2.14 bits per heavy atom. The lowest BCUT2D eigenvalue weighted by molar-refractivity contribution is 0.321. The van der Waals surface area contributed by atoms with Crippen molar-refractivity contribution in [3.8, 4) is 5.75 Å². The molecule has 0 spiro atoms. The van der Waals surface area contributed by atoms with Crippen molar-refractivity contribution in [3.63, 3.8) is 0 Å². The van der Waals surface area contributed by atoms with E-state index in [1.165, 1.54) is 12.1 Å². The van der Waals surface area contributed by atoms with Gasteiger partial charge in [0.2, 0.25) is 10.0 Å². The number of hydrogen-bond donors (Lipinski definition) is 1. The highest BCUT2D eigenvalue weighted by Crippen LogP contribution is 2.28. The number of fused-ring (bicyclic) bond motifs is 1. The molecule has 1 unspecified atom stereocenters. The third kappa shape index (κ3) is 4.06. The van der Waals surface area contributed by atoms with Crippen molar-refractivity contribution in [1.82, 2.24) is 9.71 Å². The van der Waals surface area contributed by atoms with E-state index in [1.54, 1.807) is 6.92 Å². The molecule has 2 heterocycles. The largest absolute Gasteiger partial charge is 0.491 e. The summed E-state index contributed by atoms with van der Waals surface area (Å²) in [6.07, 6.45) is 1.71. The van der Waals surface area contributed by atoms with E-state index >= 15 is 0 Å². The summed E-state index contributed by atoms with van der Waals surface area (Å²) in [5, 5.41) is 0. The summed E-state index contributed by atoms with van der Waals surface area (Å²) in [5.41, 5.74) is 1.46. The zero-order valence-electron chi connectivity index (χ0n) is 16.0. The van der Waals surface area contributed by atoms with E-state index in [0.717, 1.165) is 31.0 Å². The number of hydrogen-bond acceptors (Lipinski definition) is 6. The first-order valence-electron chi connectivity index (χ1n) is 9.52. The molecule has 154 valence electrons. The molecular weight excluding hydrogens is 397 g/mol. The molecule has 1 aliphatic rings. The van der Waals surface area contributed by atoms with E-state index in [0.29, 0.717) is 18.2 Å². The molecule has 0 radical (unpaired) electrons. The average Bonchev–Trinajstić information content (AvgIpc) is 3.34. The van der Waals surface area contributed by atoms with E-state index in [1.807, 2.05) is 29.2 Å². The first-order chi connectivity index (χ1) is 14.0. The van der Waals surface area contributed by atoms with Gasteiger partial charge in [0.1, 0.15) is 5.52 Å². The normalized spacial score (nSPS) is 17.2. The first-order valence-corrected chi connectivity index (χ1v) is 11.0. The van der Waals surface area contributed by atoms with Gasteiger partial charge in [0.25, 0.3) is 6.01 Å². The minimum Gasteiger partial charge on any atom is -0.491 e. The molecular formula is C20H22FN3O4S. The second-order valence-electron chi connectivity index (χ2n) is 6.83. The molecule has 7 nitrogen and oxygen atoms in total. The molecule has 2 aromatic carbocycles. The van der Waals surface area contributed by atoms with Gasteiger partial charge in [-0.1, -0.05) is 12.1 Å². The van der Waals surface area contributed by atoms with Crippen molar-refractivity contribution in [2.24, 2.45) is 0 Å². The molecule has 9 heteroatoms. The van der Waals surface area contributed by atoms with Gasteiger partial charge in [0, 0.05) is 19.1 Å². The highest BCUT2D eigenvalue weighted by atomic mass is 32.2. The lowest BCUT2D eigenvalue weighted by Crippen LogP contribution is -2.40. The van der Waals surface area contributed by atoms with E-state index in [2.05, 4.69) is 9.71 Å². The van der Waals surface area contributed by atoms with Gasteiger partial charge in [-0.3, -0.25) is 0 Å². The molecule has 0 saturated carbocycles. The second kappa shape index (κ2) is 8.00. The zero-order chi connectivity index (χ0) is 20.4. The van der Waals surface area contributed by atoms with Gasteiger partial charge < -0.3 is 14.1 Å². The minimum absolute atomic E-state index is 0.0318. The Hall–Kier alpha value is -2.65. The predicted molar refractivity (Wildman–Crippen MR) is 107 cm³/mol. The van der Waals surface area contributed by atoms with Gasteiger partial charge >= 0.3 is 0 Å². The molecule has 1 saturated heterocycles. The number of benzene rings is 2. The van der Waals surface area contributed by atoms with Crippen LogP contribution in [0.25, 0.3) is 11.1 Å². The molecule has 1 aromatic heterocycles. The van der Waals surface area contributed by atoms with Gasteiger partial charge in [-0.25, -0.2) is 17.5 Å². The molecule has 1 atom stereocenters. The van der Waals surface area contributed by atoms with Crippen LogP contribution in [0.4, 0.5) is 10.4 Å². The van der Waals surface area contributed by atoms with Gasteiger partial charge in [-0.2, -0.15) is 4.98 Å². The number of sulfonamides is 1. The fourth-order valence-electron chi connectivity index (χ4n) is 3.49. The Morgan fingerprint density at radius 3 is 2.90 bits per heavy atom. The maximum absolute atomic E-state index is 14.0. The lowest BCUT2D eigenvalue weighted by Gasteiger charge is -2.23. The molecule has 1 N–H and O–H groups in total. The maximum Gasteiger partial charge on any atom is 0.298 e. The highest BCUT2D eigenvalue weighted by Gasteiger charge is 2.30. The van der Waals surface area contributed by atoms with E-state index < -0.39 is 15.8 Å². The van der Waals surface area contributed by atoms with Crippen molar-refractivity contribution >= 4 is 27.1 Å². The molecule has 0 bridgehead atoms. The summed E-state index contributed by atoms with van der Waals surface area (Å²) in [5.74, 6) is -0.673. The number of rotatable bonds is 7. The van der Waals surface area contributed by atoms with Gasteiger partial charge in [0.15, 0.2) is 17.1 Å². The van der Waals surface area contributed by atoms with Crippen LogP contribution in [0.2, 0.25) is 0 Å². The second-order valence-corrected chi connectivity index (χ2v) is 8.60. The number of nitrogens with one attached hydrogen (secondary N) is 1. The summed E-state index contributed by atoms with van der Waals surface area (Å²) >= 11 is 0. The minimum atomic E-state index is -3.86. The maximum atomic E-state index is 14.0. The van der Waals surface area contributed by atoms with Gasteiger partial charge in [-0.05, 0) is 50.1 Å². The summed E-state index contributed by atoms with van der Waals surface area (Å²) in [4.78, 5) is 6.34. The molecule has 29 heavy (non-hydrogen) atoms. The third-order valence-corrected chi connectivity index (χ3v) is 6.35. The smallest absolute Gasteiger partial charge is 0.298 e. The van der Waals surface area contributed by atoms with Crippen LogP contribution >= 0.6 is 0 Å². The fourth-order valence-corrected chi connectivity index (χ4v) is 4.58. The Morgan fingerprint density at radius 1 is 1.31 bits per heavy atom. The van der Waals surface area contributed by atoms with E-state index in [4.69, 9.17) is 9.15 Å². The predicted octanol–water partition coefficient (Wildman–Crippen LogP) is 3.31. The van der Waals surface area contributed by atoms with Crippen LogP contribution < -0.4 is 14.4 Å². The Labute approximate surface area is 168 Å². The van der Waals surface area contributed by atoms with Crippen molar-refractivity contribution in [1.29, 1.82) is 0 Å². The quantitative estimate of drug-likeness (QED) is 0.633. The van der Waals surface area contributed by atoms with Crippen LogP contribution in [0, 0.1) is 5.82 Å². The number of nitrogens with zero attached hydrogens (tertiary/aromatic N) is 2. The standard InChI is InChI=1S/C20H22FN3O4S/c1-2-27-18-10-9-15(12-16(18)21)29(25,26)22-13-14-6-5-11-24(14)20-23-17-7-3-4-8-19(17)28-20/h3-4,7-10,12,14,22H,2,5-6,11,13H2,1H3.